The molecule has 7 atom stereocenters. The Morgan fingerprint density at radius 1 is 0.947 bits per heavy atom. The second-order valence-corrected chi connectivity index (χ2v) is 18.5. The molecule has 0 radical (unpaired) electrons. The molecule has 23 heteroatoms. The number of esters is 1. The number of aliphatic hydroxyl groups is 2. The number of piperazine rings is 1. The van der Waals surface area contributed by atoms with Gasteiger partial charge in [0.05, 0.1) is 37.2 Å². The highest BCUT2D eigenvalue weighted by molar-refractivity contribution is 5.86. The molecule has 0 spiro atoms. The Kier molecular flexibility index (Phi) is 19.1. The number of aliphatic hydroxyl groups excluding tert-OH is 2. The molecule has 0 bridgehead atoms. The third kappa shape index (κ3) is 13.1. The van der Waals surface area contributed by atoms with E-state index in [0.29, 0.717) is 29.8 Å². The van der Waals surface area contributed by atoms with Crippen LogP contribution >= 0.6 is 0 Å². The van der Waals surface area contributed by atoms with Crippen molar-refractivity contribution in [3.8, 4) is 11.4 Å². The number of pyridine rings is 1. The highest BCUT2D eigenvalue weighted by Gasteiger charge is 2.46. The molecule has 1 unspecified atom stereocenters. The number of nitrogens with zero attached hydrogens (tertiary/aromatic N) is 10. The van der Waals surface area contributed by atoms with E-state index in [0.717, 1.165) is 48.5 Å². The summed E-state index contributed by atoms with van der Waals surface area (Å²) in [4.78, 5) is 48.8. The minimum atomic E-state index is -1.25. The molecule has 404 valence electrons. The van der Waals surface area contributed by atoms with Gasteiger partial charge in [-0.3, -0.25) is 9.69 Å². The maximum atomic E-state index is 15.6. The van der Waals surface area contributed by atoms with E-state index < -0.39 is 59.8 Å². The van der Waals surface area contributed by atoms with E-state index in [9.17, 15) is 29.0 Å². The molecule has 2 saturated heterocycles. The smallest absolute Gasteiger partial charge is 0.418 e. The predicted molar refractivity (Wildman–Crippen MR) is 270 cm³/mol. The maximum absolute atomic E-state index is 15.6. The van der Waals surface area contributed by atoms with E-state index in [1.165, 1.54) is 54.2 Å². The van der Waals surface area contributed by atoms with Gasteiger partial charge in [0.1, 0.15) is 54.3 Å². The first kappa shape index (κ1) is 57.3. The third-order valence-electron chi connectivity index (χ3n) is 13.4. The summed E-state index contributed by atoms with van der Waals surface area (Å²) in [5, 5.41) is 28.5. The van der Waals surface area contributed by atoms with Gasteiger partial charge >= 0.3 is 17.8 Å². The van der Waals surface area contributed by atoms with Crippen LogP contribution in [0.3, 0.4) is 0 Å². The van der Waals surface area contributed by atoms with Gasteiger partial charge in [-0.2, -0.15) is 9.67 Å². The molecule has 2 aliphatic rings. The molecule has 1 amide bonds. The number of rotatable bonds is 19. The molecule has 2 aliphatic heterocycles. The fraction of sp³-hybridized carbons (Fsp3) is 0.442. The SMILES string of the molecule is C.CC[C@@H]([C@H](C)O)n1ncn(-c2ccc(N3CCN(c4ccc(OC[C@@H]5CO[C@@](Cn6c[n+](C(C)OC(=O)N(C)c7ncccc7COC(=O)[C@@H](N)[C@@H](C)O)cn6)(c6ccc(F)cc6F)C5)cc4)CC3)cc2)c1=O.[Cl-]. The summed E-state index contributed by atoms with van der Waals surface area (Å²) in [7, 11) is 1.45. The summed E-state index contributed by atoms with van der Waals surface area (Å²) in [6.07, 6.45) is 3.44. The fourth-order valence-electron chi connectivity index (χ4n) is 9.19. The van der Waals surface area contributed by atoms with Crippen molar-refractivity contribution in [3.05, 3.63) is 137 Å². The first-order valence-electron chi connectivity index (χ1n) is 24.2. The standard InChI is InChI=1S/C51H62F2N11O9.CH4.ClH/c1-6-45(33(2)65)64-49(68)63(31-57-64)41-12-10-39(11-13-41)59-20-22-60(23-21-59)40-14-16-42(17-15-40)70-26-36-25-51(72-27-36,43-18-9-38(52)24-44(43)53)29-62-32-61(30-56-62)35(4)73-50(69)58(5)47-37(8-7-19-55-47)28-71-48(67)46(54)34(3)66;;/h7-19,24,30-36,45-46,65-66H,6,20-23,25-29,54H2,1-5H3;1H4;1H/q+1;;/p-1/t33-,34+,35?,36+,45-,46-,51-;;/m0../s1. The maximum Gasteiger partial charge on any atom is 0.418 e. The molecule has 3 aromatic carbocycles. The van der Waals surface area contributed by atoms with E-state index in [-0.39, 0.29) is 69.2 Å². The lowest BCUT2D eigenvalue weighted by Crippen LogP contribution is -3.00. The first-order valence-corrected chi connectivity index (χ1v) is 24.2. The van der Waals surface area contributed by atoms with Gasteiger partial charge in [0.15, 0.2) is 0 Å². The lowest BCUT2D eigenvalue weighted by Gasteiger charge is -2.37. The number of aromatic nitrogens is 7. The Morgan fingerprint density at radius 3 is 2.23 bits per heavy atom. The van der Waals surface area contributed by atoms with Crippen molar-refractivity contribution in [1.82, 2.24) is 29.1 Å². The van der Waals surface area contributed by atoms with Crippen LogP contribution in [-0.2, 0) is 37.8 Å². The van der Waals surface area contributed by atoms with Crippen LogP contribution in [0.15, 0.2) is 109 Å². The summed E-state index contributed by atoms with van der Waals surface area (Å²) in [6.45, 7) is 10.0. The topological polar surface area (TPSA) is 222 Å². The lowest BCUT2D eigenvalue weighted by molar-refractivity contribution is -0.753. The molecule has 3 aromatic heterocycles. The van der Waals surface area contributed by atoms with Crippen LogP contribution < -0.4 is 47.8 Å². The zero-order valence-electron chi connectivity index (χ0n) is 41.8. The van der Waals surface area contributed by atoms with Crippen LogP contribution in [0.1, 0.15) is 71.4 Å². The molecular formula is C52H66ClF2N11O9. The first-order chi connectivity index (χ1) is 35.0. The highest BCUT2D eigenvalue weighted by atomic mass is 35.5. The van der Waals surface area contributed by atoms with E-state index >= 15 is 4.39 Å². The number of carbonyl (C=O) groups is 2. The van der Waals surface area contributed by atoms with E-state index in [1.54, 1.807) is 41.6 Å². The molecule has 5 heterocycles. The lowest BCUT2D eigenvalue weighted by atomic mass is 9.87. The molecule has 20 nitrogen and oxygen atoms in total. The van der Waals surface area contributed by atoms with E-state index in [1.807, 2.05) is 55.5 Å². The Morgan fingerprint density at radius 2 is 1.60 bits per heavy atom. The number of benzene rings is 3. The Hall–Kier alpha value is -6.98. The van der Waals surface area contributed by atoms with Crippen LogP contribution in [-0.4, -0.2) is 116 Å². The van der Waals surface area contributed by atoms with Crippen LogP contribution in [0.25, 0.3) is 5.69 Å². The predicted octanol–water partition coefficient (Wildman–Crippen LogP) is 2.04. The van der Waals surface area contributed by atoms with Gasteiger partial charge in [0, 0.05) is 85.9 Å². The van der Waals surface area contributed by atoms with Gasteiger partial charge in [-0.1, -0.05) is 26.5 Å². The molecule has 75 heavy (non-hydrogen) atoms. The number of hydrogen-bond acceptors (Lipinski definition) is 15. The zero-order chi connectivity index (χ0) is 52.0. The number of anilines is 3. The number of hydrogen-bond donors (Lipinski definition) is 3. The molecule has 8 rings (SSSR count). The van der Waals surface area contributed by atoms with Crippen molar-refractivity contribution in [2.45, 2.75) is 97.2 Å². The van der Waals surface area contributed by atoms with Crippen molar-refractivity contribution in [1.29, 1.82) is 0 Å². The second-order valence-electron chi connectivity index (χ2n) is 18.5. The molecule has 6 aromatic rings. The number of amides is 1. The Labute approximate surface area is 440 Å². The van der Waals surface area contributed by atoms with Gasteiger partial charge in [0.25, 0.3) is 6.33 Å². The number of ether oxygens (including phenoxy) is 4. The average molecular weight is 1060 g/mol. The van der Waals surface area contributed by atoms with Crippen molar-refractivity contribution in [3.63, 3.8) is 0 Å². The van der Waals surface area contributed by atoms with Crippen molar-refractivity contribution in [2.24, 2.45) is 11.7 Å². The third-order valence-corrected chi connectivity index (χ3v) is 13.4. The molecule has 2 fully saturated rings. The molecule has 0 aliphatic carbocycles. The highest BCUT2D eigenvalue weighted by Crippen LogP contribution is 2.42. The minimum Gasteiger partial charge on any atom is -1.00 e. The summed E-state index contributed by atoms with van der Waals surface area (Å²) >= 11 is 0. The summed E-state index contributed by atoms with van der Waals surface area (Å²) < 4.78 is 59.4. The number of halogens is 3. The second kappa shape index (κ2) is 25.0. The van der Waals surface area contributed by atoms with Crippen LogP contribution in [0.5, 0.6) is 5.75 Å². The average Bonchev–Trinajstić information content (AvgIpc) is 4.14. The van der Waals surface area contributed by atoms with Crippen LogP contribution in [0.2, 0.25) is 0 Å². The summed E-state index contributed by atoms with van der Waals surface area (Å²) in [5.74, 6) is -1.62. The van der Waals surface area contributed by atoms with E-state index in [2.05, 4.69) is 25.0 Å². The van der Waals surface area contributed by atoms with Crippen LogP contribution in [0, 0.1) is 17.6 Å². The van der Waals surface area contributed by atoms with Gasteiger partial charge in [-0.15, -0.1) is 4.68 Å². The number of nitrogens with two attached hydrogens (primary N) is 1. The quantitative estimate of drug-likeness (QED) is 0.0781. The fourth-order valence-corrected chi connectivity index (χ4v) is 9.19. The molecule has 4 N–H and O–H groups in total. The van der Waals surface area contributed by atoms with Crippen molar-refractivity contribution < 1.29 is 64.5 Å². The number of carbonyl (C=O) groups excluding carboxylic acids is 2. The molecular weight excluding hydrogens is 996 g/mol. The minimum absolute atomic E-state index is 0. The van der Waals surface area contributed by atoms with Crippen molar-refractivity contribution in [2.75, 3.05) is 61.1 Å². The Bertz CT molecular complexity index is 2900. The zero-order valence-corrected chi connectivity index (χ0v) is 42.5. The Balaban J connectivity index is 0.00000457. The van der Waals surface area contributed by atoms with Gasteiger partial charge < -0.3 is 57.1 Å². The van der Waals surface area contributed by atoms with Gasteiger partial charge in [-0.25, -0.2) is 32.6 Å². The molecule has 0 saturated carbocycles. The normalized spacial score (nSPS) is 18.5. The van der Waals surface area contributed by atoms with Gasteiger partial charge in [-0.05, 0) is 87.4 Å². The largest absolute Gasteiger partial charge is 1.00 e. The van der Waals surface area contributed by atoms with Crippen LogP contribution in [0.4, 0.5) is 30.8 Å². The van der Waals surface area contributed by atoms with Gasteiger partial charge in [0.2, 0.25) is 12.6 Å². The van der Waals surface area contributed by atoms with Crippen molar-refractivity contribution >= 4 is 29.3 Å². The van der Waals surface area contributed by atoms with E-state index in [4.69, 9.17) is 24.7 Å². The summed E-state index contributed by atoms with van der Waals surface area (Å²) in [6, 6.07) is 20.7. The monoisotopic (exact) mass is 1060 g/mol. The summed E-state index contributed by atoms with van der Waals surface area (Å²) in [5.41, 5.74) is 7.52.